The summed E-state index contributed by atoms with van der Waals surface area (Å²) in [5.74, 6) is -0.0864. The van der Waals surface area contributed by atoms with E-state index in [1.165, 1.54) is 15.6 Å². The van der Waals surface area contributed by atoms with Gasteiger partial charge in [-0.1, -0.05) is 48.5 Å². The SMILES string of the molecule is O=C(NC1CCN(CC(O)CN(Cc2ccccc2)S(=O)(=O)c2ccccc2)C1)c1ccsc1. The van der Waals surface area contributed by atoms with Crippen LogP contribution >= 0.6 is 11.3 Å². The highest BCUT2D eigenvalue weighted by Gasteiger charge is 2.30. The number of β-amino-alcohol motifs (C(OH)–C–C–N with tert-alkyl or cyclic N) is 1. The number of benzene rings is 2. The van der Waals surface area contributed by atoms with Crippen molar-refractivity contribution in [2.24, 2.45) is 0 Å². The summed E-state index contributed by atoms with van der Waals surface area (Å²) in [6, 6.07) is 19.5. The van der Waals surface area contributed by atoms with Gasteiger partial charge in [0.05, 0.1) is 11.0 Å². The molecule has 2 heterocycles. The Morgan fingerprint density at radius 1 is 1.12 bits per heavy atom. The molecule has 0 saturated carbocycles. The fraction of sp³-hybridized carbons (Fsp3) is 0.320. The van der Waals surface area contributed by atoms with Crippen LogP contribution in [-0.4, -0.2) is 67.0 Å². The van der Waals surface area contributed by atoms with Gasteiger partial charge in [-0.15, -0.1) is 0 Å². The second kappa shape index (κ2) is 11.2. The molecule has 0 aliphatic carbocycles. The third-order valence-electron chi connectivity index (χ3n) is 5.86. The standard InChI is InChI=1S/C25H29N3O4S2/c29-23(17-27-13-11-22(16-27)26-25(30)21-12-14-33-19-21)18-28(15-20-7-3-1-4-8-20)34(31,32)24-9-5-2-6-10-24/h1-10,12,14,19,22-23,29H,11,13,15-18H2,(H,26,30). The van der Waals surface area contributed by atoms with Gasteiger partial charge in [0.15, 0.2) is 0 Å². The molecule has 2 unspecified atom stereocenters. The molecular formula is C25H29N3O4S2. The molecule has 1 aliphatic rings. The van der Waals surface area contributed by atoms with Crippen LogP contribution in [0.1, 0.15) is 22.3 Å². The maximum Gasteiger partial charge on any atom is 0.252 e. The van der Waals surface area contributed by atoms with Gasteiger partial charge in [-0.25, -0.2) is 8.42 Å². The highest BCUT2D eigenvalue weighted by molar-refractivity contribution is 7.89. The molecule has 1 fully saturated rings. The molecule has 0 radical (unpaired) electrons. The average molecular weight is 500 g/mol. The molecule has 3 aromatic rings. The highest BCUT2D eigenvalue weighted by atomic mass is 32.2. The van der Waals surface area contributed by atoms with E-state index in [9.17, 15) is 18.3 Å². The first kappa shape index (κ1) is 24.6. The Hall–Kier alpha value is -2.56. The Morgan fingerprint density at radius 2 is 1.82 bits per heavy atom. The van der Waals surface area contributed by atoms with E-state index in [0.29, 0.717) is 18.7 Å². The van der Waals surface area contributed by atoms with Crippen molar-refractivity contribution < 1.29 is 18.3 Å². The van der Waals surface area contributed by atoms with E-state index < -0.39 is 16.1 Å². The van der Waals surface area contributed by atoms with Crippen molar-refractivity contribution in [1.29, 1.82) is 0 Å². The number of likely N-dealkylation sites (tertiary alicyclic amines) is 1. The third kappa shape index (κ3) is 6.31. The largest absolute Gasteiger partial charge is 0.390 e. The summed E-state index contributed by atoms with van der Waals surface area (Å²) in [6.45, 7) is 1.84. The number of nitrogens with one attached hydrogen (secondary N) is 1. The number of nitrogens with zero attached hydrogens (tertiary/aromatic N) is 2. The van der Waals surface area contributed by atoms with Gasteiger partial charge in [0, 0.05) is 49.7 Å². The summed E-state index contributed by atoms with van der Waals surface area (Å²) in [5, 5.41) is 17.6. The Balaban J connectivity index is 1.38. The maximum atomic E-state index is 13.3. The number of aliphatic hydroxyl groups is 1. The molecule has 0 spiro atoms. The van der Waals surface area contributed by atoms with Crippen LogP contribution < -0.4 is 5.32 Å². The molecule has 4 rings (SSSR count). The number of hydrogen-bond donors (Lipinski definition) is 2. The van der Waals surface area contributed by atoms with Crippen LogP contribution in [0.2, 0.25) is 0 Å². The van der Waals surface area contributed by atoms with Gasteiger partial charge in [-0.3, -0.25) is 9.69 Å². The molecule has 2 atom stereocenters. The molecule has 1 amide bonds. The molecule has 180 valence electrons. The van der Waals surface area contributed by atoms with E-state index >= 15 is 0 Å². The minimum atomic E-state index is -3.78. The first-order valence-electron chi connectivity index (χ1n) is 11.2. The Labute approximate surface area is 204 Å². The fourth-order valence-corrected chi connectivity index (χ4v) is 6.27. The second-order valence-electron chi connectivity index (χ2n) is 8.48. The molecule has 1 aliphatic heterocycles. The fourth-order valence-electron chi connectivity index (χ4n) is 4.15. The summed E-state index contributed by atoms with van der Waals surface area (Å²) in [7, 11) is -3.78. The topological polar surface area (TPSA) is 90.0 Å². The summed E-state index contributed by atoms with van der Waals surface area (Å²) < 4.78 is 28.0. The number of aliphatic hydroxyl groups excluding tert-OH is 1. The molecule has 0 bridgehead atoms. The van der Waals surface area contributed by atoms with Crippen molar-refractivity contribution in [3.8, 4) is 0 Å². The van der Waals surface area contributed by atoms with Crippen molar-refractivity contribution in [3.05, 3.63) is 88.6 Å². The van der Waals surface area contributed by atoms with Crippen LogP contribution in [0.3, 0.4) is 0 Å². The lowest BCUT2D eigenvalue weighted by molar-refractivity contribution is 0.0925. The zero-order valence-electron chi connectivity index (χ0n) is 18.8. The van der Waals surface area contributed by atoms with Crippen LogP contribution in [0.15, 0.2) is 82.4 Å². The minimum absolute atomic E-state index is 0.00748. The lowest BCUT2D eigenvalue weighted by atomic mass is 10.2. The molecule has 1 saturated heterocycles. The zero-order valence-corrected chi connectivity index (χ0v) is 20.4. The molecule has 2 N–H and O–H groups in total. The zero-order chi connectivity index (χ0) is 24.0. The Bertz CT molecular complexity index is 1160. The quantitative estimate of drug-likeness (QED) is 0.448. The van der Waals surface area contributed by atoms with Crippen molar-refractivity contribution in [2.75, 3.05) is 26.2 Å². The van der Waals surface area contributed by atoms with Crippen LogP contribution in [0.5, 0.6) is 0 Å². The van der Waals surface area contributed by atoms with Gasteiger partial charge >= 0.3 is 0 Å². The van der Waals surface area contributed by atoms with Gasteiger partial charge in [-0.05, 0) is 35.6 Å². The van der Waals surface area contributed by atoms with Gasteiger partial charge in [-0.2, -0.15) is 15.6 Å². The van der Waals surface area contributed by atoms with Crippen LogP contribution in [0.4, 0.5) is 0 Å². The molecule has 2 aromatic carbocycles. The van der Waals surface area contributed by atoms with Crippen LogP contribution in [0.25, 0.3) is 0 Å². The number of carbonyl (C=O) groups is 1. The number of thiophene rings is 1. The molecular weight excluding hydrogens is 470 g/mol. The number of carbonyl (C=O) groups excluding carboxylic acids is 1. The molecule has 9 heteroatoms. The van der Waals surface area contributed by atoms with Crippen LogP contribution in [0, 0.1) is 0 Å². The van der Waals surface area contributed by atoms with Crippen molar-refractivity contribution in [1.82, 2.24) is 14.5 Å². The summed E-state index contributed by atoms with van der Waals surface area (Å²) in [4.78, 5) is 14.6. The molecule has 1 aromatic heterocycles. The van der Waals surface area contributed by atoms with E-state index in [4.69, 9.17) is 0 Å². The first-order valence-corrected chi connectivity index (χ1v) is 13.6. The second-order valence-corrected chi connectivity index (χ2v) is 11.2. The number of amides is 1. The monoisotopic (exact) mass is 499 g/mol. The summed E-state index contributed by atoms with van der Waals surface area (Å²) in [5.41, 5.74) is 1.51. The van der Waals surface area contributed by atoms with Gasteiger partial charge in [0.2, 0.25) is 10.0 Å². The van der Waals surface area contributed by atoms with E-state index in [1.807, 2.05) is 41.1 Å². The minimum Gasteiger partial charge on any atom is -0.390 e. The van der Waals surface area contributed by atoms with Gasteiger partial charge in [0.1, 0.15) is 0 Å². The predicted molar refractivity (Wildman–Crippen MR) is 133 cm³/mol. The Kier molecular flexibility index (Phi) is 8.12. The van der Waals surface area contributed by atoms with Crippen molar-refractivity contribution >= 4 is 27.3 Å². The molecule has 34 heavy (non-hydrogen) atoms. The first-order chi connectivity index (χ1) is 16.4. The van der Waals surface area contributed by atoms with E-state index in [1.54, 1.807) is 36.4 Å². The van der Waals surface area contributed by atoms with Gasteiger partial charge < -0.3 is 10.4 Å². The Morgan fingerprint density at radius 3 is 2.50 bits per heavy atom. The lowest BCUT2D eigenvalue weighted by Gasteiger charge is -2.27. The van der Waals surface area contributed by atoms with E-state index in [-0.39, 0.29) is 29.9 Å². The van der Waals surface area contributed by atoms with E-state index in [0.717, 1.165) is 18.5 Å². The number of rotatable bonds is 10. The van der Waals surface area contributed by atoms with Crippen LogP contribution in [-0.2, 0) is 16.6 Å². The number of hydrogen-bond acceptors (Lipinski definition) is 6. The normalized spacial score (nSPS) is 17.6. The summed E-state index contributed by atoms with van der Waals surface area (Å²) >= 11 is 1.48. The molecule has 7 nitrogen and oxygen atoms in total. The van der Waals surface area contributed by atoms with E-state index in [2.05, 4.69) is 10.2 Å². The summed E-state index contributed by atoms with van der Waals surface area (Å²) in [6.07, 6.45) is -0.0768. The maximum absolute atomic E-state index is 13.3. The average Bonchev–Trinajstić information content (AvgIpc) is 3.52. The smallest absolute Gasteiger partial charge is 0.252 e. The predicted octanol–water partition coefficient (Wildman–Crippen LogP) is 2.80. The van der Waals surface area contributed by atoms with Crippen molar-refractivity contribution in [3.63, 3.8) is 0 Å². The lowest BCUT2D eigenvalue weighted by Crippen LogP contribution is -2.43. The van der Waals surface area contributed by atoms with Gasteiger partial charge in [0.25, 0.3) is 5.91 Å². The highest BCUT2D eigenvalue weighted by Crippen LogP contribution is 2.20. The third-order valence-corrected chi connectivity index (χ3v) is 8.37. The van der Waals surface area contributed by atoms with Crippen molar-refractivity contribution in [2.45, 2.75) is 30.0 Å². The number of sulfonamides is 1.